The van der Waals surface area contributed by atoms with Crippen LogP contribution in [0.2, 0.25) is 0 Å². The molecule has 1 aliphatic heterocycles. The first-order valence-electron chi connectivity index (χ1n) is 6.76. The zero-order valence-corrected chi connectivity index (χ0v) is 11.3. The monoisotopic (exact) mass is 264 g/mol. The topological polar surface area (TPSA) is 67.4 Å². The van der Waals surface area contributed by atoms with Gasteiger partial charge in [0.05, 0.1) is 13.2 Å². The van der Waals surface area contributed by atoms with E-state index in [-0.39, 0.29) is 5.91 Å². The van der Waals surface area contributed by atoms with E-state index in [2.05, 4.69) is 27.3 Å². The van der Waals surface area contributed by atoms with Crippen LogP contribution >= 0.6 is 0 Å². The number of nitrogens with zero attached hydrogens (tertiary/aromatic N) is 3. The summed E-state index contributed by atoms with van der Waals surface area (Å²) >= 11 is 0. The summed E-state index contributed by atoms with van der Waals surface area (Å²) in [5, 5.41) is 10.9. The van der Waals surface area contributed by atoms with Crippen LogP contribution < -0.4 is 10.2 Å². The molecule has 1 fully saturated rings. The van der Waals surface area contributed by atoms with Crippen molar-refractivity contribution in [2.75, 3.05) is 36.5 Å². The number of carbonyl (C=O) groups excluding carboxylic acids is 1. The number of amides is 1. The van der Waals surface area contributed by atoms with Gasteiger partial charge in [-0.25, -0.2) is 0 Å². The standard InChI is InChI=1S/C13H20N4O2/c1-2-3-4-13(18)14-11-5-6-12(16-15-11)17-7-9-19-10-8-17/h5-6H,2-4,7-10H2,1H3,(H,14,15,18). The van der Waals surface area contributed by atoms with Crippen LogP contribution in [0.5, 0.6) is 0 Å². The molecule has 1 saturated heterocycles. The molecule has 104 valence electrons. The summed E-state index contributed by atoms with van der Waals surface area (Å²) in [6.07, 6.45) is 2.43. The Labute approximate surface area is 113 Å². The molecule has 1 aromatic heterocycles. The molecule has 6 heteroatoms. The number of hydrogen-bond donors (Lipinski definition) is 1. The highest BCUT2D eigenvalue weighted by Crippen LogP contribution is 2.13. The normalized spacial score (nSPS) is 15.3. The minimum absolute atomic E-state index is 0.00438. The summed E-state index contributed by atoms with van der Waals surface area (Å²) in [5.41, 5.74) is 0. The van der Waals surface area contributed by atoms with Gasteiger partial charge in [0.1, 0.15) is 0 Å². The molecule has 2 heterocycles. The van der Waals surface area contributed by atoms with Gasteiger partial charge in [0, 0.05) is 19.5 Å². The molecule has 0 spiro atoms. The smallest absolute Gasteiger partial charge is 0.225 e. The average molecular weight is 264 g/mol. The van der Waals surface area contributed by atoms with Gasteiger partial charge in [-0.3, -0.25) is 4.79 Å². The number of anilines is 2. The van der Waals surface area contributed by atoms with Crippen LogP contribution in [0.15, 0.2) is 12.1 Å². The van der Waals surface area contributed by atoms with Crippen LogP contribution in [0.25, 0.3) is 0 Å². The van der Waals surface area contributed by atoms with Crippen LogP contribution in [0.1, 0.15) is 26.2 Å². The van der Waals surface area contributed by atoms with Crippen LogP contribution in [0, 0.1) is 0 Å². The summed E-state index contributed by atoms with van der Waals surface area (Å²) in [6, 6.07) is 3.68. The number of hydrogen-bond acceptors (Lipinski definition) is 5. The molecule has 1 aliphatic rings. The molecule has 2 rings (SSSR count). The number of ether oxygens (including phenoxy) is 1. The highest BCUT2D eigenvalue weighted by molar-refractivity contribution is 5.89. The van der Waals surface area contributed by atoms with E-state index < -0.39 is 0 Å². The van der Waals surface area contributed by atoms with E-state index in [0.717, 1.165) is 45.0 Å². The fourth-order valence-corrected chi connectivity index (χ4v) is 1.90. The van der Waals surface area contributed by atoms with Gasteiger partial charge >= 0.3 is 0 Å². The minimum atomic E-state index is -0.00438. The number of rotatable bonds is 5. The average Bonchev–Trinajstić information content (AvgIpc) is 2.47. The molecule has 1 N–H and O–H groups in total. The van der Waals surface area contributed by atoms with Crippen molar-refractivity contribution < 1.29 is 9.53 Å². The third-order valence-electron chi connectivity index (χ3n) is 3.01. The van der Waals surface area contributed by atoms with Gasteiger partial charge in [0.2, 0.25) is 5.91 Å². The molecule has 0 radical (unpaired) electrons. The number of unbranched alkanes of at least 4 members (excludes halogenated alkanes) is 1. The van der Waals surface area contributed by atoms with Crippen molar-refractivity contribution in [1.29, 1.82) is 0 Å². The Kier molecular flexibility index (Phi) is 5.09. The predicted octanol–water partition coefficient (Wildman–Crippen LogP) is 1.44. The zero-order chi connectivity index (χ0) is 13.5. The van der Waals surface area contributed by atoms with Crippen LogP contribution in [-0.4, -0.2) is 42.4 Å². The predicted molar refractivity (Wildman–Crippen MR) is 73.2 cm³/mol. The van der Waals surface area contributed by atoms with Gasteiger partial charge < -0.3 is 15.0 Å². The SMILES string of the molecule is CCCCC(=O)Nc1ccc(N2CCOCC2)nn1. The largest absolute Gasteiger partial charge is 0.378 e. The Morgan fingerprint density at radius 2 is 2.16 bits per heavy atom. The Balaban J connectivity index is 1.88. The van der Waals surface area contributed by atoms with Crippen LogP contribution in [0.4, 0.5) is 11.6 Å². The molecule has 0 saturated carbocycles. The van der Waals surface area contributed by atoms with E-state index in [0.29, 0.717) is 12.2 Å². The van der Waals surface area contributed by atoms with Gasteiger partial charge in [0.25, 0.3) is 0 Å². The molecule has 19 heavy (non-hydrogen) atoms. The molecular weight excluding hydrogens is 244 g/mol. The second kappa shape index (κ2) is 7.04. The Bertz CT molecular complexity index is 402. The van der Waals surface area contributed by atoms with Crippen molar-refractivity contribution in [1.82, 2.24) is 10.2 Å². The van der Waals surface area contributed by atoms with Crippen molar-refractivity contribution in [2.24, 2.45) is 0 Å². The van der Waals surface area contributed by atoms with Crippen LogP contribution in [0.3, 0.4) is 0 Å². The van der Waals surface area contributed by atoms with Gasteiger partial charge in [-0.05, 0) is 18.6 Å². The molecule has 0 atom stereocenters. The second-order valence-electron chi connectivity index (χ2n) is 4.53. The first-order chi connectivity index (χ1) is 9.29. The molecule has 0 aromatic carbocycles. The maximum absolute atomic E-state index is 11.6. The minimum Gasteiger partial charge on any atom is -0.378 e. The molecule has 1 amide bonds. The summed E-state index contributed by atoms with van der Waals surface area (Å²) in [7, 11) is 0. The van der Waals surface area contributed by atoms with Crippen molar-refractivity contribution in [2.45, 2.75) is 26.2 Å². The Hall–Kier alpha value is -1.69. The van der Waals surface area contributed by atoms with Gasteiger partial charge in [-0.2, -0.15) is 0 Å². The lowest BCUT2D eigenvalue weighted by Gasteiger charge is -2.27. The maximum Gasteiger partial charge on any atom is 0.225 e. The number of nitrogens with one attached hydrogen (secondary N) is 1. The van der Waals surface area contributed by atoms with E-state index in [1.54, 1.807) is 6.07 Å². The number of carbonyl (C=O) groups is 1. The van der Waals surface area contributed by atoms with Crippen molar-refractivity contribution in [3.63, 3.8) is 0 Å². The molecular formula is C13H20N4O2. The summed E-state index contributed by atoms with van der Waals surface area (Å²) in [4.78, 5) is 13.7. The third kappa shape index (κ3) is 4.17. The summed E-state index contributed by atoms with van der Waals surface area (Å²) in [6.45, 7) is 5.16. The van der Waals surface area contributed by atoms with E-state index in [9.17, 15) is 4.79 Å². The van der Waals surface area contributed by atoms with Crippen molar-refractivity contribution in [3.8, 4) is 0 Å². The first-order valence-corrected chi connectivity index (χ1v) is 6.76. The lowest BCUT2D eigenvalue weighted by atomic mass is 10.2. The molecule has 0 aliphatic carbocycles. The maximum atomic E-state index is 11.6. The molecule has 0 unspecified atom stereocenters. The Morgan fingerprint density at radius 3 is 2.79 bits per heavy atom. The van der Waals surface area contributed by atoms with E-state index >= 15 is 0 Å². The first kappa shape index (κ1) is 13.7. The fraction of sp³-hybridized carbons (Fsp3) is 0.615. The lowest BCUT2D eigenvalue weighted by molar-refractivity contribution is -0.116. The summed E-state index contributed by atoms with van der Waals surface area (Å²) < 4.78 is 5.29. The van der Waals surface area contributed by atoms with Crippen LogP contribution in [-0.2, 0) is 9.53 Å². The van der Waals surface area contributed by atoms with E-state index in [1.165, 1.54) is 0 Å². The molecule has 0 bridgehead atoms. The fourth-order valence-electron chi connectivity index (χ4n) is 1.90. The zero-order valence-electron chi connectivity index (χ0n) is 11.3. The molecule has 1 aromatic rings. The summed E-state index contributed by atoms with van der Waals surface area (Å²) in [5.74, 6) is 1.34. The van der Waals surface area contributed by atoms with E-state index in [1.807, 2.05) is 6.07 Å². The van der Waals surface area contributed by atoms with Gasteiger partial charge in [-0.15, -0.1) is 10.2 Å². The van der Waals surface area contributed by atoms with Gasteiger partial charge in [-0.1, -0.05) is 13.3 Å². The Morgan fingerprint density at radius 1 is 1.37 bits per heavy atom. The molecule has 6 nitrogen and oxygen atoms in total. The van der Waals surface area contributed by atoms with Crippen molar-refractivity contribution >= 4 is 17.5 Å². The quantitative estimate of drug-likeness (QED) is 0.871. The second-order valence-corrected chi connectivity index (χ2v) is 4.53. The highest BCUT2D eigenvalue weighted by atomic mass is 16.5. The number of morpholine rings is 1. The van der Waals surface area contributed by atoms with E-state index in [4.69, 9.17) is 4.74 Å². The number of aromatic nitrogens is 2. The van der Waals surface area contributed by atoms with Crippen molar-refractivity contribution in [3.05, 3.63) is 12.1 Å². The third-order valence-corrected chi connectivity index (χ3v) is 3.01. The van der Waals surface area contributed by atoms with Gasteiger partial charge in [0.15, 0.2) is 11.6 Å². The lowest BCUT2D eigenvalue weighted by Crippen LogP contribution is -2.36. The highest BCUT2D eigenvalue weighted by Gasteiger charge is 2.13.